The maximum atomic E-state index is 5.75. The number of nitrogens with two attached hydrogens (primary N) is 1. The van der Waals surface area contributed by atoms with Crippen molar-refractivity contribution in [3.05, 3.63) is 29.8 Å². The lowest BCUT2D eigenvalue weighted by Crippen LogP contribution is -2.33. The van der Waals surface area contributed by atoms with Crippen molar-refractivity contribution in [3.63, 3.8) is 0 Å². The van der Waals surface area contributed by atoms with Gasteiger partial charge in [0.15, 0.2) is 0 Å². The van der Waals surface area contributed by atoms with Crippen LogP contribution in [-0.2, 0) is 0 Å². The van der Waals surface area contributed by atoms with E-state index in [1.807, 2.05) is 12.1 Å². The Morgan fingerprint density at radius 1 is 1.06 bits per heavy atom. The molecule has 18 heavy (non-hydrogen) atoms. The Balaban J connectivity index is 2.02. The molecule has 1 aromatic carbocycles. The largest absolute Gasteiger partial charge is 0.399 e. The molecular formula is C16H26N2. The zero-order valence-corrected chi connectivity index (χ0v) is 11.7. The third kappa shape index (κ3) is 3.26. The van der Waals surface area contributed by atoms with Gasteiger partial charge in [0.1, 0.15) is 0 Å². The van der Waals surface area contributed by atoms with E-state index in [0.717, 1.165) is 11.7 Å². The predicted octanol–water partition coefficient (Wildman–Crippen LogP) is 3.98. The predicted molar refractivity (Wildman–Crippen MR) is 78.5 cm³/mol. The van der Waals surface area contributed by atoms with Gasteiger partial charge >= 0.3 is 0 Å². The molecule has 2 N–H and O–H groups in total. The van der Waals surface area contributed by atoms with Gasteiger partial charge in [-0.15, -0.1) is 0 Å². The second-order valence-corrected chi connectivity index (χ2v) is 5.65. The molecule has 1 aliphatic carbocycles. The Morgan fingerprint density at radius 3 is 2.17 bits per heavy atom. The van der Waals surface area contributed by atoms with Crippen LogP contribution in [-0.4, -0.2) is 18.0 Å². The minimum absolute atomic E-state index is 0.480. The molecule has 1 saturated carbocycles. The van der Waals surface area contributed by atoms with E-state index >= 15 is 0 Å². The van der Waals surface area contributed by atoms with Crippen LogP contribution < -0.4 is 5.73 Å². The van der Waals surface area contributed by atoms with Gasteiger partial charge in [-0.05, 0) is 44.5 Å². The molecule has 0 aromatic heterocycles. The number of benzene rings is 1. The highest BCUT2D eigenvalue weighted by molar-refractivity contribution is 5.40. The summed E-state index contributed by atoms with van der Waals surface area (Å²) in [4.78, 5) is 2.55. The first-order valence-electron chi connectivity index (χ1n) is 7.26. The summed E-state index contributed by atoms with van der Waals surface area (Å²) in [5.74, 6) is 0. The molecule has 1 atom stereocenters. The first-order valence-corrected chi connectivity index (χ1v) is 7.26. The minimum atomic E-state index is 0.480. The highest BCUT2D eigenvalue weighted by Crippen LogP contribution is 2.28. The SMILES string of the molecule is CC(c1ccc(N)cc1)N(C)C1CCCCCC1. The summed E-state index contributed by atoms with van der Waals surface area (Å²) in [5.41, 5.74) is 7.97. The maximum Gasteiger partial charge on any atom is 0.0319 e. The first kappa shape index (κ1) is 13.4. The first-order chi connectivity index (χ1) is 8.68. The van der Waals surface area contributed by atoms with Crippen LogP contribution in [0.2, 0.25) is 0 Å². The summed E-state index contributed by atoms with van der Waals surface area (Å²) in [5, 5.41) is 0. The number of hydrogen-bond donors (Lipinski definition) is 1. The fraction of sp³-hybridized carbons (Fsp3) is 0.625. The van der Waals surface area contributed by atoms with E-state index < -0.39 is 0 Å². The van der Waals surface area contributed by atoms with E-state index in [4.69, 9.17) is 5.73 Å². The van der Waals surface area contributed by atoms with Gasteiger partial charge in [0.05, 0.1) is 0 Å². The van der Waals surface area contributed by atoms with Crippen molar-refractivity contribution in [2.75, 3.05) is 12.8 Å². The molecule has 0 amide bonds. The van der Waals surface area contributed by atoms with Gasteiger partial charge < -0.3 is 5.73 Å². The molecule has 1 aromatic rings. The fourth-order valence-corrected chi connectivity index (χ4v) is 2.99. The van der Waals surface area contributed by atoms with Crippen LogP contribution in [0.15, 0.2) is 24.3 Å². The van der Waals surface area contributed by atoms with E-state index in [1.165, 1.54) is 44.1 Å². The molecule has 0 aliphatic heterocycles. The van der Waals surface area contributed by atoms with Crippen LogP contribution >= 0.6 is 0 Å². The number of anilines is 1. The summed E-state index contributed by atoms with van der Waals surface area (Å²) in [7, 11) is 2.27. The van der Waals surface area contributed by atoms with E-state index in [0.29, 0.717) is 6.04 Å². The van der Waals surface area contributed by atoms with Gasteiger partial charge in [0, 0.05) is 17.8 Å². The van der Waals surface area contributed by atoms with Crippen LogP contribution in [0.5, 0.6) is 0 Å². The van der Waals surface area contributed by atoms with Crippen LogP contribution in [0.3, 0.4) is 0 Å². The van der Waals surface area contributed by atoms with Gasteiger partial charge in [-0.3, -0.25) is 4.90 Å². The lowest BCUT2D eigenvalue weighted by atomic mass is 10.0. The van der Waals surface area contributed by atoms with Crippen molar-refractivity contribution in [2.24, 2.45) is 0 Å². The zero-order valence-electron chi connectivity index (χ0n) is 11.7. The summed E-state index contributed by atoms with van der Waals surface area (Å²) in [6, 6.07) is 9.56. The van der Waals surface area contributed by atoms with Gasteiger partial charge in [0.25, 0.3) is 0 Å². The van der Waals surface area contributed by atoms with Crippen molar-refractivity contribution in [2.45, 2.75) is 57.5 Å². The molecule has 1 fully saturated rings. The maximum absolute atomic E-state index is 5.75. The molecule has 0 heterocycles. The molecule has 0 saturated heterocycles. The quantitative estimate of drug-likeness (QED) is 0.645. The average molecular weight is 246 g/mol. The molecule has 2 nitrogen and oxygen atoms in total. The topological polar surface area (TPSA) is 29.3 Å². The number of nitrogen functional groups attached to an aromatic ring is 1. The molecule has 0 bridgehead atoms. The molecule has 100 valence electrons. The molecule has 0 spiro atoms. The van der Waals surface area contributed by atoms with Crippen LogP contribution in [0.1, 0.15) is 57.1 Å². The molecule has 0 radical (unpaired) electrons. The lowest BCUT2D eigenvalue weighted by Gasteiger charge is -2.33. The van der Waals surface area contributed by atoms with Crippen molar-refractivity contribution in [3.8, 4) is 0 Å². The Bertz CT molecular complexity index is 350. The third-order valence-corrected chi connectivity index (χ3v) is 4.43. The summed E-state index contributed by atoms with van der Waals surface area (Å²) in [6.45, 7) is 2.30. The van der Waals surface area contributed by atoms with Crippen LogP contribution in [0.4, 0.5) is 5.69 Å². The Morgan fingerprint density at radius 2 is 1.61 bits per heavy atom. The van der Waals surface area contributed by atoms with E-state index in [-0.39, 0.29) is 0 Å². The fourth-order valence-electron chi connectivity index (χ4n) is 2.99. The van der Waals surface area contributed by atoms with Crippen LogP contribution in [0, 0.1) is 0 Å². The van der Waals surface area contributed by atoms with Crippen molar-refractivity contribution < 1.29 is 0 Å². The average Bonchev–Trinajstić information content (AvgIpc) is 2.67. The lowest BCUT2D eigenvalue weighted by molar-refractivity contribution is 0.168. The monoisotopic (exact) mass is 246 g/mol. The second kappa shape index (κ2) is 6.24. The van der Waals surface area contributed by atoms with Gasteiger partial charge in [0.2, 0.25) is 0 Å². The molecule has 1 unspecified atom stereocenters. The summed E-state index contributed by atoms with van der Waals surface area (Å²) in [6.07, 6.45) is 8.33. The van der Waals surface area contributed by atoms with Gasteiger partial charge in [-0.25, -0.2) is 0 Å². The third-order valence-electron chi connectivity index (χ3n) is 4.43. The van der Waals surface area contributed by atoms with Crippen molar-refractivity contribution in [1.82, 2.24) is 4.90 Å². The Labute approximate surface area is 111 Å². The molecular weight excluding hydrogens is 220 g/mol. The number of nitrogens with zero attached hydrogens (tertiary/aromatic N) is 1. The van der Waals surface area contributed by atoms with Gasteiger partial charge in [-0.1, -0.05) is 37.8 Å². The highest BCUT2D eigenvalue weighted by Gasteiger charge is 2.21. The minimum Gasteiger partial charge on any atom is -0.399 e. The van der Waals surface area contributed by atoms with Crippen molar-refractivity contribution >= 4 is 5.69 Å². The number of rotatable bonds is 3. The standard InChI is InChI=1S/C16H26N2/c1-13(14-9-11-15(17)12-10-14)18(2)16-7-5-3-4-6-8-16/h9-13,16H,3-8,17H2,1-2H3. The smallest absolute Gasteiger partial charge is 0.0319 e. The zero-order chi connectivity index (χ0) is 13.0. The Hall–Kier alpha value is -1.02. The van der Waals surface area contributed by atoms with Crippen molar-refractivity contribution in [1.29, 1.82) is 0 Å². The molecule has 1 aliphatic rings. The second-order valence-electron chi connectivity index (χ2n) is 5.65. The van der Waals surface area contributed by atoms with E-state index in [1.54, 1.807) is 0 Å². The Kier molecular flexibility index (Phi) is 4.65. The highest BCUT2D eigenvalue weighted by atomic mass is 15.2. The van der Waals surface area contributed by atoms with Crippen LogP contribution in [0.25, 0.3) is 0 Å². The summed E-state index contributed by atoms with van der Waals surface area (Å²) >= 11 is 0. The van der Waals surface area contributed by atoms with E-state index in [2.05, 4.69) is 31.0 Å². The summed E-state index contributed by atoms with van der Waals surface area (Å²) < 4.78 is 0. The number of hydrogen-bond acceptors (Lipinski definition) is 2. The van der Waals surface area contributed by atoms with Gasteiger partial charge in [-0.2, -0.15) is 0 Å². The molecule has 2 heteroatoms. The molecule has 2 rings (SSSR count). The normalized spacial score (nSPS) is 19.7. The van der Waals surface area contributed by atoms with E-state index in [9.17, 15) is 0 Å².